The topological polar surface area (TPSA) is 78.7 Å². The minimum absolute atomic E-state index is 0.00290. The molecule has 7 heteroatoms. The predicted molar refractivity (Wildman–Crippen MR) is 139 cm³/mol. The lowest BCUT2D eigenvalue weighted by molar-refractivity contribution is -0.130. The molecule has 2 aromatic carbocycles. The molecule has 1 N–H and O–H groups in total. The lowest BCUT2D eigenvalue weighted by Crippen LogP contribution is -2.47. The number of aromatic nitrogens is 1. The molecule has 0 saturated heterocycles. The Morgan fingerprint density at radius 3 is 2.49 bits per heavy atom. The molecule has 0 bridgehead atoms. The highest BCUT2D eigenvalue weighted by Crippen LogP contribution is 2.29. The summed E-state index contributed by atoms with van der Waals surface area (Å²) in [7, 11) is 1.88. The molecule has 0 spiro atoms. The Morgan fingerprint density at radius 2 is 1.80 bits per heavy atom. The van der Waals surface area contributed by atoms with E-state index in [4.69, 9.17) is 4.52 Å². The normalized spacial score (nSPS) is 13.1. The van der Waals surface area contributed by atoms with Gasteiger partial charge < -0.3 is 19.6 Å². The van der Waals surface area contributed by atoms with Gasteiger partial charge >= 0.3 is 0 Å². The van der Waals surface area contributed by atoms with Crippen molar-refractivity contribution in [2.24, 2.45) is 0 Å². The summed E-state index contributed by atoms with van der Waals surface area (Å²) >= 11 is 0. The molecule has 7 nitrogen and oxygen atoms in total. The van der Waals surface area contributed by atoms with Crippen LogP contribution in [0.25, 0.3) is 11.0 Å². The van der Waals surface area contributed by atoms with E-state index < -0.39 is 0 Å². The first kappa shape index (κ1) is 24.8. The average molecular weight is 477 g/mol. The molecule has 4 rings (SSSR count). The molecule has 1 aliphatic rings. The van der Waals surface area contributed by atoms with Gasteiger partial charge in [0.1, 0.15) is 0 Å². The van der Waals surface area contributed by atoms with Crippen molar-refractivity contribution >= 4 is 28.5 Å². The van der Waals surface area contributed by atoms with Gasteiger partial charge in [-0.05, 0) is 61.9 Å². The van der Waals surface area contributed by atoms with Gasteiger partial charge in [0.15, 0.2) is 5.58 Å². The van der Waals surface area contributed by atoms with Crippen molar-refractivity contribution in [1.29, 1.82) is 0 Å². The van der Waals surface area contributed by atoms with E-state index in [2.05, 4.69) is 41.7 Å². The summed E-state index contributed by atoms with van der Waals surface area (Å²) in [5.41, 5.74) is 5.91. The molecule has 2 amide bonds. The Bertz CT molecular complexity index is 1180. The number of fused-ring (bicyclic) bond motifs is 2. The summed E-state index contributed by atoms with van der Waals surface area (Å²) in [6, 6.07) is 12.4. The molecular formula is C28H36N4O3. The summed E-state index contributed by atoms with van der Waals surface area (Å²) in [6.45, 7) is 6.90. The van der Waals surface area contributed by atoms with E-state index in [1.165, 1.54) is 11.1 Å². The quantitative estimate of drug-likeness (QED) is 0.444. The number of carbonyl (C=O) groups is 2. The van der Waals surface area contributed by atoms with Crippen molar-refractivity contribution < 1.29 is 14.1 Å². The Balaban J connectivity index is 1.52. The number of carbonyl (C=O) groups excluding carboxylic acids is 2. The van der Waals surface area contributed by atoms with Gasteiger partial charge in [0.25, 0.3) is 0 Å². The highest BCUT2D eigenvalue weighted by molar-refractivity contribution is 5.90. The van der Waals surface area contributed by atoms with Gasteiger partial charge in [0.05, 0.1) is 18.8 Å². The predicted octanol–water partition coefficient (Wildman–Crippen LogP) is 4.18. The van der Waals surface area contributed by atoms with Crippen LogP contribution in [0, 0.1) is 13.8 Å². The van der Waals surface area contributed by atoms with Crippen molar-refractivity contribution in [2.45, 2.75) is 58.9 Å². The fraction of sp³-hybridized carbons (Fsp3) is 0.464. The van der Waals surface area contributed by atoms with E-state index in [0.29, 0.717) is 12.1 Å². The number of aryl methyl sites for hydroxylation is 2. The molecule has 0 aliphatic heterocycles. The van der Waals surface area contributed by atoms with Gasteiger partial charge in [0.2, 0.25) is 11.8 Å². The first-order valence-corrected chi connectivity index (χ1v) is 12.6. The fourth-order valence-corrected chi connectivity index (χ4v) is 4.88. The van der Waals surface area contributed by atoms with Gasteiger partial charge in [-0.15, -0.1) is 0 Å². The minimum atomic E-state index is -0.0774. The van der Waals surface area contributed by atoms with Crippen molar-refractivity contribution in [3.05, 3.63) is 58.8 Å². The SMILES string of the molecule is CCCCCNC(=O)CN(CC(=O)N(C)C1Cc2ccccc2C1)c1cc2c(C)noc2cc1C. The largest absolute Gasteiger partial charge is 0.356 e. The lowest BCUT2D eigenvalue weighted by Gasteiger charge is -2.30. The molecule has 3 aromatic rings. The van der Waals surface area contributed by atoms with E-state index in [1.807, 2.05) is 42.8 Å². The van der Waals surface area contributed by atoms with Gasteiger partial charge in [-0.1, -0.05) is 49.2 Å². The Morgan fingerprint density at radius 1 is 1.09 bits per heavy atom. The number of hydrogen-bond acceptors (Lipinski definition) is 5. The zero-order valence-electron chi connectivity index (χ0n) is 21.3. The van der Waals surface area contributed by atoms with Crippen LogP contribution in [-0.2, 0) is 22.4 Å². The number of rotatable bonds is 10. The van der Waals surface area contributed by atoms with Crippen LogP contribution in [0.15, 0.2) is 40.9 Å². The third-order valence-electron chi connectivity index (χ3n) is 7.04. The monoisotopic (exact) mass is 476 g/mol. The summed E-state index contributed by atoms with van der Waals surface area (Å²) < 4.78 is 5.42. The zero-order chi connectivity index (χ0) is 24.9. The third-order valence-corrected chi connectivity index (χ3v) is 7.04. The number of anilines is 1. The van der Waals surface area contributed by atoms with Gasteiger partial charge in [-0.2, -0.15) is 0 Å². The lowest BCUT2D eigenvalue weighted by atomic mass is 10.1. The Labute approximate surface area is 207 Å². The van der Waals surface area contributed by atoms with Crippen LogP contribution in [0.4, 0.5) is 5.69 Å². The molecule has 1 heterocycles. The second-order valence-corrected chi connectivity index (χ2v) is 9.65. The van der Waals surface area contributed by atoms with Gasteiger partial charge in [-0.25, -0.2) is 0 Å². The number of unbranched alkanes of at least 4 members (excludes halogenated alkanes) is 2. The zero-order valence-corrected chi connectivity index (χ0v) is 21.3. The van der Waals surface area contributed by atoms with Crippen LogP contribution in [-0.4, -0.2) is 54.6 Å². The maximum atomic E-state index is 13.5. The highest BCUT2D eigenvalue weighted by Gasteiger charge is 2.29. The maximum Gasteiger partial charge on any atom is 0.242 e. The minimum Gasteiger partial charge on any atom is -0.356 e. The molecule has 186 valence electrons. The molecule has 0 unspecified atom stereocenters. The number of nitrogens with zero attached hydrogens (tertiary/aromatic N) is 3. The summed E-state index contributed by atoms with van der Waals surface area (Å²) in [5, 5.41) is 7.98. The smallest absolute Gasteiger partial charge is 0.242 e. The van der Waals surface area contributed by atoms with Gasteiger partial charge in [0, 0.05) is 30.7 Å². The molecule has 1 aliphatic carbocycles. The van der Waals surface area contributed by atoms with Crippen LogP contribution < -0.4 is 10.2 Å². The average Bonchev–Trinajstić information content (AvgIpc) is 3.43. The highest BCUT2D eigenvalue weighted by atomic mass is 16.5. The van der Waals surface area contributed by atoms with E-state index in [9.17, 15) is 9.59 Å². The number of amides is 2. The van der Waals surface area contributed by atoms with Crippen molar-refractivity contribution in [3.63, 3.8) is 0 Å². The van der Waals surface area contributed by atoms with Crippen LogP contribution in [0.2, 0.25) is 0 Å². The fourth-order valence-electron chi connectivity index (χ4n) is 4.88. The van der Waals surface area contributed by atoms with Crippen LogP contribution in [0.1, 0.15) is 48.6 Å². The number of hydrogen-bond donors (Lipinski definition) is 1. The second kappa shape index (κ2) is 10.9. The third kappa shape index (κ3) is 5.66. The molecule has 0 saturated carbocycles. The molecule has 1 aromatic heterocycles. The van der Waals surface area contributed by atoms with Crippen molar-refractivity contribution in [3.8, 4) is 0 Å². The summed E-state index contributed by atoms with van der Waals surface area (Å²) in [6.07, 6.45) is 4.87. The number of benzene rings is 2. The first-order chi connectivity index (χ1) is 16.9. The molecule has 0 radical (unpaired) electrons. The summed E-state index contributed by atoms with van der Waals surface area (Å²) in [4.78, 5) is 30.0. The van der Waals surface area contributed by atoms with Crippen LogP contribution in [0.3, 0.4) is 0 Å². The van der Waals surface area contributed by atoms with E-state index in [1.54, 1.807) is 0 Å². The van der Waals surface area contributed by atoms with E-state index >= 15 is 0 Å². The van der Waals surface area contributed by atoms with E-state index in [0.717, 1.165) is 54.4 Å². The number of nitrogens with one attached hydrogen (secondary N) is 1. The van der Waals surface area contributed by atoms with Crippen molar-refractivity contribution in [1.82, 2.24) is 15.4 Å². The Hall–Kier alpha value is -3.35. The number of likely N-dealkylation sites (N-methyl/N-ethyl adjacent to an activating group) is 1. The molecule has 0 fully saturated rings. The van der Waals surface area contributed by atoms with Crippen LogP contribution >= 0.6 is 0 Å². The maximum absolute atomic E-state index is 13.5. The molecule has 0 atom stereocenters. The first-order valence-electron chi connectivity index (χ1n) is 12.6. The van der Waals surface area contributed by atoms with Crippen LogP contribution in [0.5, 0.6) is 0 Å². The summed E-state index contributed by atoms with van der Waals surface area (Å²) in [5.74, 6) is -0.0745. The Kier molecular flexibility index (Phi) is 7.73. The van der Waals surface area contributed by atoms with Gasteiger partial charge in [-0.3, -0.25) is 9.59 Å². The standard InChI is InChI=1S/C28H36N4O3/c1-5-6-9-12-29-27(33)17-32(25-16-24-20(3)30-35-26(24)13-19(25)2)18-28(34)31(4)23-14-21-10-7-8-11-22(21)15-23/h7-8,10-11,13,16,23H,5-6,9,12,14-15,17-18H2,1-4H3,(H,29,33). The van der Waals surface area contributed by atoms with E-state index in [-0.39, 0.29) is 30.9 Å². The molecule has 35 heavy (non-hydrogen) atoms. The van der Waals surface area contributed by atoms with Crippen molar-refractivity contribution in [2.75, 3.05) is 31.6 Å². The molecular weight excluding hydrogens is 440 g/mol. The second-order valence-electron chi connectivity index (χ2n) is 9.65.